The lowest BCUT2D eigenvalue weighted by molar-refractivity contribution is -0.129. The number of nitrogens with one attached hydrogen (secondary N) is 1. The van der Waals surface area contributed by atoms with Gasteiger partial charge in [-0.2, -0.15) is 11.3 Å². The van der Waals surface area contributed by atoms with Crippen LogP contribution in [0.2, 0.25) is 0 Å². The van der Waals surface area contributed by atoms with E-state index in [-0.39, 0.29) is 17.8 Å². The summed E-state index contributed by atoms with van der Waals surface area (Å²) >= 11 is 3.07. The molecule has 0 spiro atoms. The number of benzene rings is 1. The molecule has 0 aliphatic carbocycles. The highest BCUT2D eigenvalue weighted by atomic mass is 32.2. The fourth-order valence-corrected chi connectivity index (χ4v) is 4.68. The molecule has 3 aromatic rings. The molecule has 1 amide bonds. The lowest BCUT2D eigenvalue weighted by atomic mass is 10.1. The molecule has 7 heteroatoms. The van der Waals surface area contributed by atoms with Crippen LogP contribution in [0.1, 0.15) is 24.4 Å². The second kappa shape index (κ2) is 7.63. The molecule has 2 aromatic heterocycles. The molecule has 4 rings (SSSR count). The highest BCUT2D eigenvalue weighted by Crippen LogP contribution is 2.33. The highest BCUT2D eigenvalue weighted by Gasteiger charge is 2.30. The zero-order chi connectivity index (χ0) is 17.9. The van der Waals surface area contributed by atoms with Gasteiger partial charge in [-0.15, -0.1) is 0 Å². The molecule has 0 bridgehead atoms. The topological polar surface area (TPSA) is 49.0 Å². The molecule has 1 saturated heterocycles. The van der Waals surface area contributed by atoms with E-state index in [0.717, 1.165) is 30.6 Å². The summed E-state index contributed by atoms with van der Waals surface area (Å²) in [5.41, 5.74) is 2.92. The molecule has 1 aromatic carbocycles. The molecular formula is C19H18FN3OS2. The van der Waals surface area contributed by atoms with Crippen LogP contribution in [0, 0.1) is 5.82 Å². The van der Waals surface area contributed by atoms with E-state index in [4.69, 9.17) is 0 Å². The number of nitrogens with zero attached hydrogens (tertiary/aromatic N) is 2. The highest BCUT2D eigenvalue weighted by molar-refractivity contribution is 7.99. The van der Waals surface area contributed by atoms with E-state index in [0.29, 0.717) is 10.9 Å². The lowest BCUT2D eigenvalue weighted by Crippen LogP contribution is -2.31. The first kappa shape index (κ1) is 17.3. The molecular weight excluding hydrogens is 369 g/mol. The minimum atomic E-state index is -0.265. The smallest absolute Gasteiger partial charge is 0.233 e. The Balaban J connectivity index is 1.38. The number of thioether (sulfide) groups is 1. The number of hydrogen-bond acceptors (Lipinski definition) is 4. The quantitative estimate of drug-likeness (QED) is 0.644. The normalized spacial score (nSPS) is 17.0. The average molecular weight is 388 g/mol. The van der Waals surface area contributed by atoms with Crippen molar-refractivity contribution < 1.29 is 9.18 Å². The number of carbonyl (C=O) groups is 1. The Morgan fingerprint density at radius 3 is 2.96 bits per heavy atom. The zero-order valence-electron chi connectivity index (χ0n) is 14.0. The van der Waals surface area contributed by atoms with E-state index in [2.05, 4.69) is 26.8 Å². The summed E-state index contributed by atoms with van der Waals surface area (Å²) in [6.45, 7) is 0.818. The van der Waals surface area contributed by atoms with E-state index < -0.39 is 0 Å². The van der Waals surface area contributed by atoms with Crippen LogP contribution in [0.5, 0.6) is 0 Å². The van der Waals surface area contributed by atoms with Gasteiger partial charge in [0, 0.05) is 6.54 Å². The van der Waals surface area contributed by atoms with E-state index in [1.165, 1.54) is 29.5 Å². The molecule has 134 valence electrons. The summed E-state index contributed by atoms with van der Waals surface area (Å²) < 4.78 is 13.0. The molecule has 1 N–H and O–H groups in total. The first-order chi connectivity index (χ1) is 12.7. The van der Waals surface area contributed by atoms with Crippen molar-refractivity contribution in [2.45, 2.75) is 24.0 Å². The maximum atomic E-state index is 13.0. The van der Waals surface area contributed by atoms with Gasteiger partial charge in [0.2, 0.25) is 5.91 Å². The minimum absolute atomic E-state index is 0.142. The van der Waals surface area contributed by atoms with Gasteiger partial charge in [-0.3, -0.25) is 4.79 Å². The summed E-state index contributed by atoms with van der Waals surface area (Å²) in [6.07, 6.45) is 3.79. The Kier molecular flexibility index (Phi) is 5.08. The van der Waals surface area contributed by atoms with Crippen molar-refractivity contribution in [3.63, 3.8) is 0 Å². The minimum Gasteiger partial charge on any atom is -0.335 e. The van der Waals surface area contributed by atoms with Gasteiger partial charge in [-0.1, -0.05) is 11.8 Å². The van der Waals surface area contributed by atoms with Gasteiger partial charge in [0.1, 0.15) is 5.82 Å². The van der Waals surface area contributed by atoms with Crippen molar-refractivity contribution in [2.75, 3.05) is 12.3 Å². The molecule has 1 aliphatic rings. The molecule has 4 nitrogen and oxygen atoms in total. The van der Waals surface area contributed by atoms with E-state index in [1.54, 1.807) is 29.7 Å². The Morgan fingerprint density at radius 1 is 1.35 bits per heavy atom. The first-order valence-electron chi connectivity index (χ1n) is 8.46. The lowest BCUT2D eigenvalue weighted by Gasteiger charge is -2.24. The summed E-state index contributed by atoms with van der Waals surface area (Å²) in [5, 5.41) is 4.89. The van der Waals surface area contributed by atoms with Crippen LogP contribution in [0.15, 0.2) is 52.4 Å². The number of carbonyl (C=O) groups excluding carboxylic acids is 1. The second-order valence-electron chi connectivity index (χ2n) is 6.20. The molecule has 3 heterocycles. The number of halogens is 1. The zero-order valence-corrected chi connectivity index (χ0v) is 15.7. The third-order valence-corrected chi connectivity index (χ3v) is 6.11. The predicted molar refractivity (Wildman–Crippen MR) is 103 cm³/mol. The van der Waals surface area contributed by atoms with Gasteiger partial charge in [-0.05, 0) is 65.1 Å². The predicted octanol–water partition coefficient (Wildman–Crippen LogP) is 4.73. The monoisotopic (exact) mass is 387 g/mol. The number of thiophene rings is 1. The van der Waals surface area contributed by atoms with Crippen LogP contribution < -0.4 is 0 Å². The van der Waals surface area contributed by atoms with E-state index >= 15 is 0 Å². The Hall–Kier alpha value is -2.12. The van der Waals surface area contributed by atoms with Crippen molar-refractivity contribution in [1.29, 1.82) is 0 Å². The number of amides is 1. The van der Waals surface area contributed by atoms with Crippen LogP contribution in [-0.4, -0.2) is 33.1 Å². The molecule has 26 heavy (non-hydrogen) atoms. The molecule has 1 aliphatic heterocycles. The van der Waals surface area contributed by atoms with Gasteiger partial charge in [0.05, 0.1) is 23.7 Å². The summed E-state index contributed by atoms with van der Waals surface area (Å²) in [5.74, 6) is 0.236. The van der Waals surface area contributed by atoms with Crippen LogP contribution in [-0.2, 0) is 4.79 Å². The number of hydrogen-bond donors (Lipinski definition) is 1. The van der Waals surface area contributed by atoms with Crippen molar-refractivity contribution >= 4 is 29.0 Å². The Labute approximate surface area is 159 Å². The van der Waals surface area contributed by atoms with Gasteiger partial charge in [0.15, 0.2) is 5.16 Å². The van der Waals surface area contributed by atoms with Crippen molar-refractivity contribution in [1.82, 2.24) is 14.9 Å². The molecule has 1 atom stereocenters. The van der Waals surface area contributed by atoms with Crippen LogP contribution >= 0.6 is 23.1 Å². The van der Waals surface area contributed by atoms with Crippen molar-refractivity contribution in [3.05, 3.63) is 58.7 Å². The maximum absolute atomic E-state index is 13.0. The van der Waals surface area contributed by atoms with Crippen LogP contribution in [0.25, 0.3) is 11.3 Å². The van der Waals surface area contributed by atoms with Crippen LogP contribution in [0.4, 0.5) is 4.39 Å². The SMILES string of the molecule is O=C(CSc1ncc(-c2ccc(F)cc2)[nH]1)N1CCCC1c1ccsc1. The summed E-state index contributed by atoms with van der Waals surface area (Å²) in [4.78, 5) is 22.2. The fourth-order valence-electron chi connectivity index (χ4n) is 3.24. The Morgan fingerprint density at radius 2 is 2.19 bits per heavy atom. The van der Waals surface area contributed by atoms with E-state index in [9.17, 15) is 9.18 Å². The number of imidazole rings is 1. The third kappa shape index (κ3) is 3.68. The van der Waals surface area contributed by atoms with Crippen molar-refractivity contribution in [2.24, 2.45) is 0 Å². The number of likely N-dealkylation sites (tertiary alicyclic amines) is 1. The van der Waals surface area contributed by atoms with E-state index in [1.807, 2.05) is 4.90 Å². The van der Waals surface area contributed by atoms with Gasteiger partial charge >= 0.3 is 0 Å². The number of rotatable bonds is 5. The van der Waals surface area contributed by atoms with Gasteiger partial charge in [0.25, 0.3) is 0 Å². The number of H-pyrrole nitrogens is 1. The van der Waals surface area contributed by atoms with Gasteiger partial charge < -0.3 is 9.88 Å². The maximum Gasteiger partial charge on any atom is 0.233 e. The molecule has 0 radical (unpaired) electrons. The second-order valence-corrected chi connectivity index (χ2v) is 7.94. The third-order valence-electron chi connectivity index (χ3n) is 4.54. The first-order valence-corrected chi connectivity index (χ1v) is 10.4. The molecule has 1 fully saturated rings. The van der Waals surface area contributed by atoms with Gasteiger partial charge in [-0.25, -0.2) is 9.37 Å². The summed E-state index contributed by atoms with van der Waals surface area (Å²) in [7, 11) is 0. The fraction of sp³-hybridized carbons (Fsp3) is 0.263. The summed E-state index contributed by atoms with van der Waals surface area (Å²) in [6, 6.07) is 8.57. The number of aromatic amines is 1. The van der Waals surface area contributed by atoms with Crippen LogP contribution in [0.3, 0.4) is 0 Å². The molecule has 1 unspecified atom stereocenters. The standard InChI is InChI=1S/C19H18FN3OS2/c20-15-5-3-13(4-6-15)16-10-21-19(22-16)26-12-18(24)23-8-1-2-17(23)14-7-9-25-11-14/h3-7,9-11,17H,1-2,8,12H2,(H,21,22). The molecule has 0 saturated carbocycles. The number of aromatic nitrogens is 2. The Bertz CT molecular complexity index is 877. The van der Waals surface area contributed by atoms with Crippen molar-refractivity contribution in [3.8, 4) is 11.3 Å². The average Bonchev–Trinajstić information content (AvgIpc) is 3.40. The largest absolute Gasteiger partial charge is 0.335 e.